The Balaban J connectivity index is 3.32. The molecule has 0 radical (unpaired) electrons. The third-order valence-corrected chi connectivity index (χ3v) is 2.08. The molecule has 17 heavy (non-hydrogen) atoms. The van der Waals surface area contributed by atoms with Gasteiger partial charge < -0.3 is 0 Å². The van der Waals surface area contributed by atoms with E-state index in [1.807, 2.05) is 0 Å². The van der Waals surface area contributed by atoms with Gasteiger partial charge in [-0.2, -0.15) is 13.2 Å². The van der Waals surface area contributed by atoms with E-state index in [2.05, 4.69) is 27.8 Å². The van der Waals surface area contributed by atoms with Crippen molar-refractivity contribution < 1.29 is 18.1 Å². The van der Waals surface area contributed by atoms with Crippen LogP contribution in [0.1, 0.15) is 11.1 Å². The molecule has 90 valence electrons. The first-order valence-corrected chi connectivity index (χ1v) is 5.39. The fourth-order valence-electron chi connectivity index (χ4n) is 1.14. The van der Waals surface area contributed by atoms with Crippen molar-refractivity contribution in [3.63, 3.8) is 0 Å². The molecule has 0 fully saturated rings. The lowest BCUT2D eigenvalue weighted by atomic mass is 10.1. The monoisotopic (exact) mass is 307 g/mol. The Morgan fingerprint density at radius 3 is 2.53 bits per heavy atom. The third kappa shape index (κ3) is 3.46. The summed E-state index contributed by atoms with van der Waals surface area (Å²) in [5.41, 5.74) is -2.09. The highest BCUT2D eigenvalue weighted by atomic mass is 79.9. The van der Waals surface area contributed by atoms with Crippen LogP contribution in [0.5, 0.6) is 0 Å². The average molecular weight is 308 g/mol. The van der Waals surface area contributed by atoms with Crippen molar-refractivity contribution >= 4 is 21.6 Å². The molecule has 0 heterocycles. The van der Waals surface area contributed by atoms with Crippen molar-refractivity contribution in [3.05, 3.63) is 39.4 Å². The van der Waals surface area contributed by atoms with Crippen LogP contribution in [0.3, 0.4) is 0 Å². The summed E-state index contributed by atoms with van der Waals surface area (Å²) >= 11 is 3.01. The lowest BCUT2D eigenvalue weighted by molar-refractivity contribution is -0.388. The molecular weight excluding hydrogens is 303 g/mol. The molecule has 0 spiro atoms. The number of nitrogens with zero attached hydrogens (tertiary/aromatic N) is 1. The van der Waals surface area contributed by atoms with Gasteiger partial charge in [0.2, 0.25) is 0 Å². The van der Waals surface area contributed by atoms with Crippen LogP contribution >= 0.6 is 15.9 Å². The highest BCUT2D eigenvalue weighted by molar-refractivity contribution is 9.09. The van der Waals surface area contributed by atoms with Crippen molar-refractivity contribution in [3.8, 4) is 11.8 Å². The number of hydrogen-bond donors (Lipinski definition) is 0. The fourth-order valence-corrected chi connectivity index (χ4v) is 1.28. The minimum Gasteiger partial charge on any atom is -0.258 e. The second-order valence-corrected chi connectivity index (χ2v) is 3.48. The number of rotatable bonds is 1. The molecule has 0 N–H and O–H groups in total. The van der Waals surface area contributed by atoms with Crippen LogP contribution in [0.25, 0.3) is 0 Å². The SMILES string of the molecule is O=[N+]([O-])c1cc(C#CCBr)ccc1C(F)(F)F. The molecule has 1 rings (SSSR count). The quantitative estimate of drug-likeness (QED) is 0.345. The Kier molecular flexibility index (Phi) is 4.12. The normalized spacial score (nSPS) is 10.6. The standard InChI is InChI=1S/C10H5BrF3NO2/c11-5-1-2-7-3-4-8(10(12,13)14)9(6-7)15(16)17/h3-4,6H,5H2. The van der Waals surface area contributed by atoms with E-state index in [1.165, 1.54) is 0 Å². The summed E-state index contributed by atoms with van der Waals surface area (Å²) in [6, 6.07) is 2.58. The molecule has 0 saturated heterocycles. The summed E-state index contributed by atoms with van der Waals surface area (Å²) in [5.74, 6) is 5.05. The van der Waals surface area contributed by atoms with E-state index in [4.69, 9.17) is 0 Å². The first-order valence-electron chi connectivity index (χ1n) is 4.26. The molecular formula is C10H5BrF3NO2. The molecule has 0 atom stereocenters. The predicted molar refractivity (Wildman–Crippen MR) is 58.8 cm³/mol. The number of benzene rings is 1. The van der Waals surface area contributed by atoms with Gasteiger partial charge in [-0.05, 0) is 12.1 Å². The maximum atomic E-state index is 12.4. The van der Waals surface area contributed by atoms with Crippen molar-refractivity contribution in [1.29, 1.82) is 0 Å². The smallest absolute Gasteiger partial charge is 0.258 e. The highest BCUT2D eigenvalue weighted by Crippen LogP contribution is 2.36. The lowest BCUT2D eigenvalue weighted by Crippen LogP contribution is -2.08. The van der Waals surface area contributed by atoms with E-state index < -0.39 is 22.4 Å². The minimum absolute atomic E-state index is 0.171. The van der Waals surface area contributed by atoms with Crippen LogP contribution in [0.4, 0.5) is 18.9 Å². The molecule has 3 nitrogen and oxygen atoms in total. The largest absolute Gasteiger partial charge is 0.422 e. The maximum absolute atomic E-state index is 12.4. The molecule has 0 aliphatic carbocycles. The molecule has 0 bridgehead atoms. The molecule has 7 heteroatoms. The lowest BCUT2D eigenvalue weighted by Gasteiger charge is -2.07. The number of hydrogen-bond acceptors (Lipinski definition) is 2. The van der Waals surface area contributed by atoms with Gasteiger partial charge in [0.15, 0.2) is 0 Å². The Morgan fingerprint density at radius 2 is 2.06 bits per heavy atom. The average Bonchev–Trinajstić information content (AvgIpc) is 2.24. The second-order valence-electron chi connectivity index (χ2n) is 2.92. The molecule has 0 aliphatic rings. The maximum Gasteiger partial charge on any atom is 0.422 e. The number of nitro benzene ring substituents is 1. The Labute approximate surface area is 103 Å². The van der Waals surface area contributed by atoms with Gasteiger partial charge in [0, 0.05) is 11.6 Å². The van der Waals surface area contributed by atoms with Crippen LogP contribution in [0, 0.1) is 22.0 Å². The van der Waals surface area contributed by atoms with Crippen molar-refractivity contribution in [2.45, 2.75) is 6.18 Å². The zero-order chi connectivity index (χ0) is 13.1. The molecule has 0 aliphatic heterocycles. The molecule has 1 aromatic carbocycles. The molecule has 1 aromatic rings. The van der Waals surface area contributed by atoms with Gasteiger partial charge in [-0.25, -0.2) is 0 Å². The van der Waals surface area contributed by atoms with E-state index in [0.717, 1.165) is 12.1 Å². The van der Waals surface area contributed by atoms with Crippen LogP contribution in [-0.4, -0.2) is 10.3 Å². The van der Waals surface area contributed by atoms with Crippen molar-refractivity contribution in [2.75, 3.05) is 5.33 Å². The Morgan fingerprint density at radius 1 is 1.41 bits per heavy atom. The Hall–Kier alpha value is -1.55. The van der Waals surface area contributed by atoms with Gasteiger partial charge in [0.25, 0.3) is 5.69 Å². The number of halogens is 4. The zero-order valence-corrected chi connectivity index (χ0v) is 9.80. The van der Waals surface area contributed by atoms with E-state index in [-0.39, 0.29) is 5.56 Å². The van der Waals surface area contributed by atoms with Crippen LogP contribution < -0.4 is 0 Å². The predicted octanol–water partition coefficient (Wildman–Crippen LogP) is 3.36. The van der Waals surface area contributed by atoms with E-state index in [0.29, 0.717) is 11.4 Å². The summed E-state index contributed by atoms with van der Waals surface area (Å²) in [6.45, 7) is 0. The third-order valence-electron chi connectivity index (χ3n) is 1.80. The van der Waals surface area contributed by atoms with Gasteiger partial charge in [-0.15, -0.1) is 0 Å². The summed E-state index contributed by atoms with van der Waals surface area (Å²) in [5, 5.41) is 10.9. The minimum atomic E-state index is -4.75. The number of alkyl halides is 4. The van der Waals surface area contributed by atoms with Gasteiger partial charge in [0.05, 0.1) is 10.3 Å². The first-order chi connectivity index (χ1) is 7.86. The zero-order valence-electron chi connectivity index (χ0n) is 8.21. The van der Waals surface area contributed by atoms with Crippen molar-refractivity contribution in [1.82, 2.24) is 0 Å². The highest BCUT2D eigenvalue weighted by Gasteiger charge is 2.38. The molecule has 0 saturated carbocycles. The van der Waals surface area contributed by atoms with Crippen LogP contribution in [-0.2, 0) is 6.18 Å². The summed E-state index contributed by atoms with van der Waals surface area (Å²) < 4.78 is 37.3. The summed E-state index contributed by atoms with van der Waals surface area (Å²) in [4.78, 5) is 9.48. The first kappa shape index (κ1) is 13.5. The van der Waals surface area contributed by atoms with Gasteiger partial charge in [-0.1, -0.05) is 27.8 Å². The second kappa shape index (κ2) is 5.19. The van der Waals surface area contributed by atoms with E-state index >= 15 is 0 Å². The summed E-state index contributed by atoms with van der Waals surface area (Å²) in [7, 11) is 0. The fraction of sp³-hybridized carbons (Fsp3) is 0.200. The topological polar surface area (TPSA) is 43.1 Å². The summed E-state index contributed by atoms with van der Waals surface area (Å²) in [6.07, 6.45) is -4.75. The Bertz CT molecular complexity index is 502. The molecule has 0 unspecified atom stereocenters. The van der Waals surface area contributed by atoms with Gasteiger partial charge in [-0.3, -0.25) is 10.1 Å². The molecule has 0 aromatic heterocycles. The number of nitro groups is 1. The van der Waals surface area contributed by atoms with E-state index in [1.54, 1.807) is 0 Å². The molecule has 0 amide bonds. The van der Waals surface area contributed by atoms with Gasteiger partial charge >= 0.3 is 6.18 Å². The van der Waals surface area contributed by atoms with E-state index in [9.17, 15) is 23.3 Å². The van der Waals surface area contributed by atoms with Crippen molar-refractivity contribution in [2.24, 2.45) is 0 Å². The van der Waals surface area contributed by atoms with Crippen LogP contribution in [0.15, 0.2) is 18.2 Å². The van der Waals surface area contributed by atoms with Crippen LogP contribution in [0.2, 0.25) is 0 Å². The van der Waals surface area contributed by atoms with Gasteiger partial charge in [0.1, 0.15) is 5.56 Å².